The third-order valence-electron chi connectivity index (χ3n) is 2.61. The number of carbonyl (C=O) groups excluding carboxylic acids is 1. The summed E-state index contributed by atoms with van der Waals surface area (Å²) in [6.07, 6.45) is 0.945. The Morgan fingerprint density at radius 2 is 2.19 bits per heavy atom. The number of aliphatic hydroxyl groups excluding tert-OH is 1. The van der Waals surface area contributed by atoms with Crippen molar-refractivity contribution in [2.75, 3.05) is 39.5 Å². The van der Waals surface area contributed by atoms with E-state index in [1.54, 1.807) is 0 Å². The van der Waals surface area contributed by atoms with Gasteiger partial charge in [-0.15, -0.1) is 0 Å². The predicted molar refractivity (Wildman–Crippen MR) is 61.2 cm³/mol. The molecule has 0 aliphatic carbocycles. The summed E-state index contributed by atoms with van der Waals surface area (Å²) in [6, 6.07) is 0.157. The van der Waals surface area contributed by atoms with Crippen LogP contribution in [-0.4, -0.2) is 61.4 Å². The number of carbonyl (C=O) groups is 1. The molecule has 1 unspecified atom stereocenters. The molecule has 5 heteroatoms. The molecule has 0 bridgehead atoms. The van der Waals surface area contributed by atoms with Gasteiger partial charge >= 0.3 is 0 Å². The van der Waals surface area contributed by atoms with Crippen molar-refractivity contribution in [3.05, 3.63) is 0 Å². The summed E-state index contributed by atoms with van der Waals surface area (Å²) in [5.74, 6) is 0.0230. The molecule has 0 aromatic rings. The van der Waals surface area contributed by atoms with Gasteiger partial charge in [0.05, 0.1) is 13.2 Å². The van der Waals surface area contributed by atoms with Gasteiger partial charge in [-0.05, 0) is 13.3 Å². The summed E-state index contributed by atoms with van der Waals surface area (Å²) in [6.45, 7) is 6.40. The van der Waals surface area contributed by atoms with Gasteiger partial charge in [-0.3, -0.25) is 9.69 Å². The molecule has 94 valence electrons. The topological polar surface area (TPSA) is 61.8 Å². The molecule has 0 radical (unpaired) electrons. The molecule has 0 aromatic heterocycles. The molecule has 1 atom stereocenters. The fraction of sp³-hybridized carbons (Fsp3) is 0.909. The minimum Gasteiger partial charge on any atom is -0.396 e. The van der Waals surface area contributed by atoms with Crippen molar-refractivity contribution in [3.8, 4) is 0 Å². The lowest BCUT2D eigenvalue weighted by Crippen LogP contribution is -2.46. The average Bonchev–Trinajstić information content (AvgIpc) is 2.27. The van der Waals surface area contributed by atoms with Crippen LogP contribution in [0.4, 0.5) is 0 Å². The third-order valence-corrected chi connectivity index (χ3v) is 2.61. The van der Waals surface area contributed by atoms with Crippen LogP contribution >= 0.6 is 0 Å². The van der Waals surface area contributed by atoms with E-state index in [0.29, 0.717) is 12.8 Å². The number of nitrogens with zero attached hydrogens (tertiary/aromatic N) is 1. The zero-order valence-electron chi connectivity index (χ0n) is 9.95. The second kappa shape index (κ2) is 7.60. The van der Waals surface area contributed by atoms with Gasteiger partial charge in [-0.1, -0.05) is 0 Å². The minimum atomic E-state index is 0.0230. The summed E-state index contributed by atoms with van der Waals surface area (Å²) in [5.41, 5.74) is 0. The van der Waals surface area contributed by atoms with Crippen molar-refractivity contribution in [1.29, 1.82) is 0 Å². The highest BCUT2D eigenvalue weighted by atomic mass is 16.5. The quantitative estimate of drug-likeness (QED) is 0.651. The minimum absolute atomic E-state index is 0.0230. The molecule has 1 fully saturated rings. The number of morpholine rings is 1. The molecule has 1 saturated heterocycles. The van der Waals surface area contributed by atoms with Gasteiger partial charge in [0.25, 0.3) is 0 Å². The molecule has 2 N–H and O–H groups in total. The van der Waals surface area contributed by atoms with Gasteiger partial charge in [0.2, 0.25) is 5.91 Å². The SMILES string of the molecule is CC(CN1CCOCC1)NC(=O)CCCO. The Morgan fingerprint density at radius 3 is 2.81 bits per heavy atom. The Balaban J connectivity index is 2.13. The van der Waals surface area contributed by atoms with E-state index < -0.39 is 0 Å². The first-order chi connectivity index (χ1) is 7.72. The van der Waals surface area contributed by atoms with E-state index in [-0.39, 0.29) is 18.6 Å². The van der Waals surface area contributed by atoms with E-state index in [1.807, 2.05) is 6.92 Å². The molecule has 0 saturated carbocycles. The van der Waals surface area contributed by atoms with E-state index in [0.717, 1.165) is 32.8 Å². The van der Waals surface area contributed by atoms with Crippen molar-refractivity contribution >= 4 is 5.91 Å². The molecule has 1 heterocycles. The van der Waals surface area contributed by atoms with Crippen LogP contribution in [-0.2, 0) is 9.53 Å². The molecule has 1 aliphatic heterocycles. The lowest BCUT2D eigenvalue weighted by Gasteiger charge is -2.29. The summed E-state index contributed by atoms with van der Waals surface area (Å²) in [4.78, 5) is 13.7. The summed E-state index contributed by atoms with van der Waals surface area (Å²) in [7, 11) is 0. The van der Waals surface area contributed by atoms with Gasteiger partial charge < -0.3 is 15.2 Å². The fourth-order valence-corrected chi connectivity index (χ4v) is 1.80. The van der Waals surface area contributed by atoms with Crippen LogP contribution in [0.5, 0.6) is 0 Å². The van der Waals surface area contributed by atoms with E-state index in [4.69, 9.17) is 9.84 Å². The smallest absolute Gasteiger partial charge is 0.220 e. The van der Waals surface area contributed by atoms with Gasteiger partial charge in [-0.25, -0.2) is 0 Å². The summed E-state index contributed by atoms with van der Waals surface area (Å²) >= 11 is 0. The van der Waals surface area contributed by atoms with E-state index >= 15 is 0 Å². The Hall–Kier alpha value is -0.650. The summed E-state index contributed by atoms with van der Waals surface area (Å²) in [5, 5.41) is 11.5. The highest BCUT2D eigenvalue weighted by Gasteiger charge is 2.14. The number of hydrogen-bond acceptors (Lipinski definition) is 4. The van der Waals surface area contributed by atoms with E-state index in [9.17, 15) is 4.79 Å². The highest BCUT2D eigenvalue weighted by Crippen LogP contribution is 1.99. The summed E-state index contributed by atoms with van der Waals surface area (Å²) < 4.78 is 5.26. The second-order valence-corrected chi connectivity index (χ2v) is 4.21. The first kappa shape index (κ1) is 13.4. The Morgan fingerprint density at radius 1 is 1.50 bits per heavy atom. The predicted octanol–water partition coefficient (Wildman–Crippen LogP) is -0.404. The van der Waals surface area contributed by atoms with Crippen LogP contribution in [0.2, 0.25) is 0 Å². The second-order valence-electron chi connectivity index (χ2n) is 4.21. The van der Waals surface area contributed by atoms with Crippen molar-refractivity contribution in [2.45, 2.75) is 25.8 Å². The Bertz CT molecular complexity index is 205. The molecule has 16 heavy (non-hydrogen) atoms. The van der Waals surface area contributed by atoms with Gasteiger partial charge in [0.15, 0.2) is 0 Å². The van der Waals surface area contributed by atoms with Gasteiger partial charge in [-0.2, -0.15) is 0 Å². The largest absolute Gasteiger partial charge is 0.396 e. The average molecular weight is 230 g/mol. The van der Waals surface area contributed by atoms with Crippen LogP contribution < -0.4 is 5.32 Å². The van der Waals surface area contributed by atoms with Crippen LogP contribution in [0.3, 0.4) is 0 Å². The van der Waals surface area contributed by atoms with Crippen molar-refractivity contribution in [2.24, 2.45) is 0 Å². The lowest BCUT2D eigenvalue weighted by molar-refractivity contribution is -0.122. The van der Waals surface area contributed by atoms with Crippen molar-refractivity contribution in [1.82, 2.24) is 10.2 Å². The molecule has 1 amide bonds. The molecular weight excluding hydrogens is 208 g/mol. The maximum atomic E-state index is 11.4. The fourth-order valence-electron chi connectivity index (χ4n) is 1.80. The Labute approximate surface area is 96.8 Å². The molecule has 1 aliphatic rings. The number of ether oxygens (including phenoxy) is 1. The first-order valence-electron chi connectivity index (χ1n) is 5.92. The zero-order chi connectivity index (χ0) is 11.8. The first-order valence-corrected chi connectivity index (χ1v) is 5.92. The molecule has 0 spiro atoms. The number of aliphatic hydroxyl groups is 1. The third kappa shape index (κ3) is 5.44. The standard InChI is InChI=1S/C11H22N2O3/c1-10(12-11(15)3-2-6-14)9-13-4-7-16-8-5-13/h10,14H,2-9H2,1H3,(H,12,15). The molecule has 0 aromatic carbocycles. The maximum absolute atomic E-state index is 11.4. The highest BCUT2D eigenvalue weighted by molar-refractivity contribution is 5.76. The van der Waals surface area contributed by atoms with E-state index in [1.165, 1.54) is 0 Å². The Kier molecular flexibility index (Phi) is 6.37. The van der Waals surface area contributed by atoms with Gasteiger partial charge in [0.1, 0.15) is 0 Å². The van der Waals surface area contributed by atoms with Crippen LogP contribution in [0.1, 0.15) is 19.8 Å². The molecule has 1 rings (SSSR count). The van der Waals surface area contributed by atoms with Crippen LogP contribution in [0, 0.1) is 0 Å². The number of nitrogens with one attached hydrogen (secondary N) is 1. The van der Waals surface area contributed by atoms with Crippen LogP contribution in [0.25, 0.3) is 0 Å². The molecular formula is C11H22N2O3. The van der Waals surface area contributed by atoms with Crippen LogP contribution in [0.15, 0.2) is 0 Å². The normalized spacial score (nSPS) is 19.4. The van der Waals surface area contributed by atoms with E-state index in [2.05, 4.69) is 10.2 Å². The zero-order valence-corrected chi connectivity index (χ0v) is 9.95. The van der Waals surface area contributed by atoms with Gasteiger partial charge in [0, 0.05) is 38.7 Å². The maximum Gasteiger partial charge on any atom is 0.220 e. The van der Waals surface area contributed by atoms with Crippen molar-refractivity contribution < 1.29 is 14.6 Å². The van der Waals surface area contributed by atoms with Crippen molar-refractivity contribution in [3.63, 3.8) is 0 Å². The monoisotopic (exact) mass is 230 g/mol. The molecule has 5 nitrogen and oxygen atoms in total. The number of hydrogen-bond donors (Lipinski definition) is 2. The number of rotatable bonds is 6. The lowest BCUT2D eigenvalue weighted by atomic mass is 10.2. The number of amides is 1.